The van der Waals surface area contributed by atoms with Crippen molar-refractivity contribution in [1.29, 1.82) is 0 Å². The van der Waals surface area contributed by atoms with E-state index in [0.29, 0.717) is 0 Å². The molecule has 0 aromatic heterocycles. The van der Waals surface area contributed by atoms with Gasteiger partial charge in [0.15, 0.2) is 0 Å². The Hall–Kier alpha value is -1.04. The minimum absolute atomic E-state index is 1.05. The topological polar surface area (TPSA) is 0 Å². The maximum Gasteiger partial charge on any atom is -0.0161 e. The Morgan fingerprint density at radius 2 is 1.62 bits per heavy atom. The van der Waals surface area contributed by atoms with Crippen LogP contribution in [-0.2, 0) is 0 Å². The van der Waals surface area contributed by atoms with E-state index in [2.05, 4.69) is 65.0 Å². The molecule has 0 aromatic carbocycles. The lowest BCUT2D eigenvalue weighted by atomic mass is 10.1. The Morgan fingerprint density at radius 3 is 2.19 bits per heavy atom. The first-order chi connectivity index (χ1) is 7.56. The van der Waals surface area contributed by atoms with Crippen molar-refractivity contribution < 1.29 is 0 Å². The van der Waals surface area contributed by atoms with Gasteiger partial charge < -0.3 is 0 Å². The van der Waals surface area contributed by atoms with Gasteiger partial charge in [-0.1, -0.05) is 47.1 Å². The molecule has 0 unspecified atom stereocenters. The Balaban J connectivity index is 3.96. The SMILES string of the molecule is C/C=C/C(C)=C/C/C=C(\C)CCC=C(C)C. The maximum atomic E-state index is 2.33. The van der Waals surface area contributed by atoms with Gasteiger partial charge in [0.1, 0.15) is 0 Å². The predicted octanol–water partition coefficient (Wildman–Crippen LogP) is 5.59. The first-order valence-electron chi connectivity index (χ1n) is 6.14. The molecule has 0 nitrogen and oxygen atoms in total. The summed E-state index contributed by atoms with van der Waals surface area (Å²) < 4.78 is 0. The molecule has 0 aliphatic carbocycles. The van der Waals surface area contributed by atoms with Gasteiger partial charge in [0.05, 0.1) is 0 Å². The fourth-order valence-corrected chi connectivity index (χ4v) is 1.47. The van der Waals surface area contributed by atoms with Crippen LogP contribution in [0, 0.1) is 0 Å². The van der Waals surface area contributed by atoms with Crippen LogP contribution in [0.25, 0.3) is 0 Å². The predicted molar refractivity (Wildman–Crippen MR) is 75.6 cm³/mol. The van der Waals surface area contributed by atoms with Crippen molar-refractivity contribution in [3.63, 3.8) is 0 Å². The van der Waals surface area contributed by atoms with Gasteiger partial charge in [0, 0.05) is 0 Å². The Morgan fingerprint density at radius 1 is 0.938 bits per heavy atom. The van der Waals surface area contributed by atoms with Crippen molar-refractivity contribution in [2.75, 3.05) is 0 Å². The number of allylic oxidation sites excluding steroid dienone is 8. The summed E-state index contributed by atoms with van der Waals surface area (Å²) in [7, 11) is 0. The van der Waals surface area contributed by atoms with E-state index in [1.54, 1.807) is 0 Å². The summed E-state index contributed by atoms with van der Waals surface area (Å²) in [5, 5.41) is 0. The van der Waals surface area contributed by atoms with E-state index in [0.717, 1.165) is 6.42 Å². The largest absolute Gasteiger partial charge is 0.0874 e. The van der Waals surface area contributed by atoms with Crippen molar-refractivity contribution in [3.8, 4) is 0 Å². The molecule has 0 aliphatic heterocycles. The summed E-state index contributed by atoms with van der Waals surface area (Å²) in [5.41, 5.74) is 4.24. The summed E-state index contributed by atoms with van der Waals surface area (Å²) in [4.78, 5) is 0. The third-order valence-electron chi connectivity index (χ3n) is 2.43. The van der Waals surface area contributed by atoms with E-state index in [4.69, 9.17) is 0 Å². The van der Waals surface area contributed by atoms with Crippen LogP contribution >= 0.6 is 0 Å². The van der Waals surface area contributed by atoms with Crippen molar-refractivity contribution in [2.45, 2.75) is 53.9 Å². The van der Waals surface area contributed by atoms with E-state index in [9.17, 15) is 0 Å². The molecule has 0 aromatic rings. The molecule has 90 valence electrons. The van der Waals surface area contributed by atoms with Gasteiger partial charge in [-0.3, -0.25) is 0 Å². The Labute approximate surface area is 101 Å². The van der Waals surface area contributed by atoms with Gasteiger partial charge >= 0.3 is 0 Å². The van der Waals surface area contributed by atoms with Crippen LogP contribution in [0.3, 0.4) is 0 Å². The molecule has 0 rings (SSSR count). The second-order valence-corrected chi connectivity index (χ2v) is 4.55. The standard InChI is InChI=1S/C16H26/c1-6-9-15(4)12-8-13-16(5)11-7-10-14(2)3/h6,9-10,12-13H,7-8,11H2,1-5H3/b9-6+,15-12+,16-13+. The highest BCUT2D eigenvalue weighted by Crippen LogP contribution is 2.08. The third-order valence-corrected chi connectivity index (χ3v) is 2.43. The fraction of sp³-hybridized carbons (Fsp3) is 0.500. The minimum atomic E-state index is 1.05. The molecule has 0 aliphatic rings. The van der Waals surface area contributed by atoms with Crippen molar-refractivity contribution in [1.82, 2.24) is 0 Å². The van der Waals surface area contributed by atoms with Gasteiger partial charge in [-0.15, -0.1) is 0 Å². The van der Waals surface area contributed by atoms with Crippen molar-refractivity contribution >= 4 is 0 Å². The summed E-state index contributed by atoms with van der Waals surface area (Å²) in [6.45, 7) is 10.7. The molecule has 0 N–H and O–H groups in total. The molecular weight excluding hydrogens is 192 g/mol. The molecule has 0 radical (unpaired) electrons. The van der Waals surface area contributed by atoms with E-state index < -0.39 is 0 Å². The van der Waals surface area contributed by atoms with E-state index >= 15 is 0 Å². The second kappa shape index (κ2) is 9.21. The van der Waals surface area contributed by atoms with Crippen molar-refractivity contribution in [2.24, 2.45) is 0 Å². The monoisotopic (exact) mass is 218 g/mol. The second-order valence-electron chi connectivity index (χ2n) is 4.55. The molecule has 16 heavy (non-hydrogen) atoms. The third kappa shape index (κ3) is 9.51. The quantitative estimate of drug-likeness (QED) is 0.402. The normalized spacial score (nSPS) is 13.3. The van der Waals surface area contributed by atoms with Crippen LogP contribution in [-0.4, -0.2) is 0 Å². The van der Waals surface area contributed by atoms with E-state index in [-0.39, 0.29) is 0 Å². The average molecular weight is 218 g/mol. The minimum Gasteiger partial charge on any atom is -0.0874 e. The van der Waals surface area contributed by atoms with Crippen molar-refractivity contribution in [3.05, 3.63) is 47.1 Å². The molecule has 0 amide bonds. The Bertz CT molecular complexity index is 294. The molecule has 0 bridgehead atoms. The zero-order valence-corrected chi connectivity index (χ0v) is 11.5. The van der Waals surface area contributed by atoms with Gasteiger partial charge in [0.2, 0.25) is 0 Å². The van der Waals surface area contributed by atoms with Crippen LogP contribution in [0.4, 0.5) is 0 Å². The molecular formula is C16H26. The molecule has 0 heteroatoms. The van der Waals surface area contributed by atoms with Crippen LogP contribution in [0.5, 0.6) is 0 Å². The zero-order chi connectivity index (χ0) is 12.4. The highest BCUT2D eigenvalue weighted by molar-refractivity contribution is 5.17. The lowest BCUT2D eigenvalue weighted by Crippen LogP contribution is -1.77. The number of rotatable bonds is 6. The first-order valence-corrected chi connectivity index (χ1v) is 6.14. The molecule has 0 atom stereocenters. The highest BCUT2D eigenvalue weighted by Gasteiger charge is 1.88. The summed E-state index contributed by atoms with van der Waals surface area (Å²) in [6.07, 6.45) is 14.5. The highest BCUT2D eigenvalue weighted by atomic mass is 13.9. The fourth-order valence-electron chi connectivity index (χ4n) is 1.47. The first kappa shape index (κ1) is 15.0. The maximum absolute atomic E-state index is 2.33. The van der Waals surface area contributed by atoms with E-state index in [1.807, 2.05) is 0 Å². The van der Waals surface area contributed by atoms with Crippen LogP contribution in [0.2, 0.25) is 0 Å². The average Bonchev–Trinajstić information content (AvgIpc) is 2.17. The molecule has 0 heterocycles. The number of hydrogen-bond acceptors (Lipinski definition) is 0. The van der Waals surface area contributed by atoms with Crippen LogP contribution < -0.4 is 0 Å². The summed E-state index contributed by atoms with van der Waals surface area (Å²) >= 11 is 0. The molecule has 0 fully saturated rings. The van der Waals surface area contributed by atoms with Gasteiger partial charge in [0.25, 0.3) is 0 Å². The van der Waals surface area contributed by atoms with Gasteiger partial charge in [-0.2, -0.15) is 0 Å². The van der Waals surface area contributed by atoms with E-state index in [1.165, 1.54) is 29.6 Å². The molecule has 0 spiro atoms. The molecule has 0 saturated carbocycles. The number of hydrogen-bond donors (Lipinski definition) is 0. The zero-order valence-electron chi connectivity index (χ0n) is 11.5. The summed E-state index contributed by atoms with van der Waals surface area (Å²) in [5.74, 6) is 0. The Kier molecular flexibility index (Phi) is 8.61. The smallest absolute Gasteiger partial charge is 0.0161 e. The lowest BCUT2D eigenvalue weighted by Gasteiger charge is -1.98. The van der Waals surface area contributed by atoms with Crippen LogP contribution in [0.15, 0.2) is 47.1 Å². The molecule has 0 saturated heterocycles. The van der Waals surface area contributed by atoms with Crippen LogP contribution in [0.1, 0.15) is 53.9 Å². The summed E-state index contributed by atoms with van der Waals surface area (Å²) in [6, 6.07) is 0. The van der Waals surface area contributed by atoms with Gasteiger partial charge in [-0.05, 0) is 53.9 Å². The van der Waals surface area contributed by atoms with Gasteiger partial charge in [-0.25, -0.2) is 0 Å². The lowest BCUT2D eigenvalue weighted by molar-refractivity contribution is 0.958.